The van der Waals surface area contributed by atoms with Crippen LogP contribution in [0, 0.1) is 16.7 Å². The summed E-state index contributed by atoms with van der Waals surface area (Å²) in [6.45, 7) is 4.61. The van der Waals surface area contributed by atoms with Crippen LogP contribution in [0.25, 0.3) is 0 Å². The highest BCUT2D eigenvalue weighted by molar-refractivity contribution is 7.80. The first-order valence-electron chi connectivity index (χ1n) is 4.83. The standard InChI is InChI=1S/C10H18OS/c1-9(2)7-3-4-10(9,6-12)8(11)5-7/h7-8,11-12H,3-6H2,1-2H3/t7-,8+,10-/m1/s1. The molecule has 12 heavy (non-hydrogen) atoms. The normalized spacial score (nSPS) is 50.0. The highest BCUT2D eigenvalue weighted by Gasteiger charge is 2.62. The van der Waals surface area contributed by atoms with Crippen molar-refractivity contribution in [3.8, 4) is 0 Å². The van der Waals surface area contributed by atoms with Crippen LogP contribution in [0.2, 0.25) is 0 Å². The second-order valence-electron chi connectivity index (χ2n) is 5.02. The van der Waals surface area contributed by atoms with Gasteiger partial charge in [0.25, 0.3) is 0 Å². The molecule has 0 aromatic carbocycles. The van der Waals surface area contributed by atoms with Crippen LogP contribution >= 0.6 is 12.6 Å². The van der Waals surface area contributed by atoms with Crippen molar-refractivity contribution in [1.82, 2.24) is 0 Å². The quantitative estimate of drug-likeness (QED) is 0.601. The summed E-state index contributed by atoms with van der Waals surface area (Å²) < 4.78 is 0. The minimum absolute atomic E-state index is 0.0938. The highest BCUT2D eigenvalue weighted by Crippen LogP contribution is 2.65. The molecule has 0 heterocycles. The van der Waals surface area contributed by atoms with E-state index >= 15 is 0 Å². The molecule has 0 aromatic heterocycles. The third-order valence-corrected chi connectivity index (χ3v) is 5.23. The Balaban J connectivity index is 2.39. The number of hydrogen-bond donors (Lipinski definition) is 2. The zero-order valence-corrected chi connectivity index (χ0v) is 8.77. The van der Waals surface area contributed by atoms with E-state index in [2.05, 4.69) is 26.5 Å². The summed E-state index contributed by atoms with van der Waals surface area (Å²) in [5, 5.41) is 9.96. The number of rotatable bonds is 1. The van der Waals surface area contributed by atoms with Gasteiger partial charge in [0.15, 0.2) is 0 Å². The van der Waals surface area contributed by atoms with Gasteiger partial charge in [0.2, 0.25) is 0 Å². The fraction of sp³-hybridized carbons (Fsp3) is 1.00. The van der Waals surface area contributed by atoms with Gasteiger partial charge in [-0.15, -0.1) is 0 Å². The molecule has 0 aliphatic heterocycles. The summed E-state index contributed by atoms with van der Waals surface area (Å²) in [4.78, 5) is 0. The topological polar surface area (TPSA) is 20.2 Å². The first kappa shape index (κ1) is 8.89. The molecule has 1 nitrogen and oxygen atoms in total. The first-order valence-corrected chi connectivity index (χ1v) is 5.47. The Hall–Kier alpha value is 0.310. The molecule has 2 aliphatic rings. The third kappa shape index (κ3) is 0.759. The maximum atomic E-state index is 9.96. The molecule has 2 aliphatic carbocycles. The molecule has 2 rings (SSSR count). The van der Waals surface area contributed by atoms with Crippen LogP contribution in [0.1, 0.15) is 33.1 Å². The van der Waals surface area contributed by atoms with E-state index in [0.717, 1.165) is 18.1 Å². The Labute approximate surface area is 80.0 Å². The molecule has 0 saturated heterocycles. The van der Waals surface area contributed by atoms with Gasteiger partial charge in [-0.1, -0.05) is 13.8 Å². The van der Waals surface area contributed by atoms with E-state index in [1.165, 1.54) is 12.8 Å². The Morgan fingerprint density at radius 2 is 2.17 bits per heavy atom. The van der Waals surface area contributed by atoms with Crippen LogP contribution in [0.5, 0.6) is 0 Å². The number of aliphatic hydroxyl groups is 1. The van der Waals surface area contributed by atoms with Gasteiger partial charge in [-0.3, -0.25) is 0 Å². The number of aliphatic hydroxyl groups excluding tert-OH is 1. The molecule has 0 spiro atoms. The van der Waals surface area contributed by atoms with Crippen molar-refractivity contribution in [2.75, 3.05) is 5.75 Å². The van der Waals surface area contributed by atoms with E-state index in [1.807, 2.05) is 0 Å². The van der Waals surface area contributed by atoms with Crippen molar-refractivity contribution in [1.29, 1.82) is 0 Å². The molecule has 0 amide bonds. The monoisotopic (exact) mass is 186 g/mol. The Morgan fingerprint density at radius 1 is 1.50 bits per heavy atom. The predicted molar refractivity (Wildman–Crippen MR) is 53.4 cm³/mol. The molecule has 2 heteroatoms. The van der Waals surface area contributed by atoms with Gasteiger partial charge in [0, 0.05) is 5.41 Å². The third-order valence-electron chi connectivity index (χ3n) is 4.67. The zero-order chi connectivity index (χ0) is 8.98. The number of hydrogen-bond acceptors (Lipinski definition) is 2. The largest absolute Gasteiger partial charge is 0.392 e. The van der Waals surface area contributed by atoms with Crippen LogP contribution in [0.4, 0.5) is 0 Å². The van der Waals surface area contributed by atoms with Crippen LogP contribution in [-0.4, -0.2) is 17.0 Å². The van der Waals surface area contributed by atoms with Gasteiger partial charge in [-0.05, 0) is 36.3 Å². The van der Waals surface area contributed by atoms with E-state index in [-0.39, 0.29) is 11.5 Å². The van der Waals surface area contributed by atoms with Crippen LogP contribution in [0.15, 0.2) is 0 Å². The van der Waals surface area contributed by atoms with Crippen LogP contribution < -0.4 is 0 Å². The maximum absolute atomic E-state index is 9.96. The molecular formula is C10H18OS. The summed E-state index contributed by atoms with van der Waals surface area (Å²) >= 11 is 4.42. The lowest BCUT2D eigenvalue weighted by Crippen LogP contribution is -2.40. The molecule has 70 valence electrons. The van der Waals surface area contributed by atoms with Gasteiger partial charge in [-0.25, -0.2) is 0 Å². The molecule has 0 radical (unpaired) electrons. The smallest absolute Gasteiger partial charge is 0.0612 e. The minimum atomic E-state index is -0.0938. The molecule has 2 bridgehead atoms. The molecule has 0 aromatic rings. The van der Waals surface area contributed by atoms with Crippen molar-refractivity contribution in [3.05, 3.63) is 0 Å². The lowest BCUT2D eigenvalue weighted by atomic mass is 9.70. The fourth-order valence-corrected chi connectivity index (χ4v) is 4.19. The molecule has 3 atom stereocenters. The van der Waals surface area contributed by atoms with Crippen LogP contribution in [0.3, 0.4) is 0 Å². The average Bonchev–Trinajstić information content (AvgIpc) is 2.36. The highest BCUT2D eigenvalue weighted by atomic mass is 32.1. The van der Waals surface area contributed by atoms with Crippen molar-refractivity contribution < 1.29 is 5.11 Å². The SMILES string of the molecule is CC1(C)[C@@H]2CC[C@@]1(CS)[C@@H](O)C2. The van der Waals surface area contributed by atoms with E-state index in [0.29, 0.717) is 5.41 Å². The molecule has 2 fully saturated rings. The predicted octanol–water partition coefficient (Wildman–Crippen LogP) is 2.10. The lowest BCUT2D eigenvalue weighted by molar-refractivity contribution is 0.0171. The first-order chi connectivity index (χ1) is 5.54. The summed E-state index contributed by atoms with van der Waals surface area (Å²) in [6.07, 6.45) is 3.39. The van der Waals surface area contributed by atoms with Crippen molar-refractivity contribution in [3.63, 3.8) is 0 Å². The summed E-state index contributed by atoms with van der Waals surface area (Å²) in [5.74, 6) is 1.58. The molecule has 1 N–H and O–H groups in total. The molecule has 2 saturated carbocycles. The van der Waals surface area contributed by atoms with Crippen LogP contribution in [-0.2, 0) is 0 Å². The Morgan fingerprint density at radius 3 is 2.42 bits per heavy atom. The Bertz CT molecular complexity index is 202. The Kier molecular flexibility index (Phi) is 1.79. The van der Waals surface area contributed by atoms with Gasteiger partial charge in [-0.2, -0.15) is 12.6 Å². The van der Waals surface area contributed by atoms with Gasteiger partial charge >= 0.3 is 0 Å². The lowest BCUT2D eigenvalue weighted by Gasteiger charge is -2.39. The van der Waals surface area contributed by atoms with Gasteiger partial charge in [0.1, 0.15) is 0 Å². The van der Waals surface area contributed by atoms with Crippen molar-refractivity contribution >= 4 is 12.6 Å². The van der Waals surface area contributed by atoms with E-state index in [9.17, 15) is 5.11 Å². The van der Waals surface area contributed by atoms with Crippen molar-refractivity contribution in [2.24, 2.45) is 16.7 Å². The number of fused-ring (bicyclic) bond motifs is 2. The summed E-state index contributed by atoms with van der Waals surface area (Å²) in [5.41, 5.74) is 0.439. The van der Waals surface area contributed by atoms with E-state index in [1.54, 1.807) is 0 Å². The minimum Gasteiger partial charge on any atom is -0.392 e. The maximum Gasteiger partial charge on any atom is 0.0612 e. The van der Waals surface area contributed by atoms with Crippen molar-refractivity contribution in [2.45, 2.75) is 39.2 Å². The summed E-state index contributed by atoms with van der Waals surface area (Å²) in [6, 6.07) is 0. The van der Waals surface area contributed by atoms with E-state index in [4.69, 9.17) is 0 Å². The van der Waals surface area contributed by atoms with E-state index < -0.39 is 0 Å². The van der Waals surface area contributed by atoms with Gasteiger partial charge in [0.05, 0.1) is 6.10 Å². The second-order valence-corrected chi connectivity index (χ2v) is 5.34. The molecule has 0 unspecified atom stereocenters. The van der Waals surface area contributed by atoms with Gasteiger partial charge < -0.3 is 5.11 Å². The average molecular weight is 186 g/mol. The zero-order valence-electron chi connectivity index (χ0n) is 7.88. The molecular weight excluding hydrogens is 168 g/mol. The number of thiol groups is 1. The second kappa shape index (κ2) is 2.42. The fourth-order valence-electron chi connectivity index (χ4n) is 3.41. The summed E-state index contributed by atoms with van der Waals surface area (Å²) in [7, 11) is 0.